The molecule has 0 radical (unpaired) electrons. The van der Waals surface area contributed by atoms with Crippen LogP contribution in [0.2, 0.25) is 5.02 Å². The molecule has 6 nitrogen and oxygen atoms in total. The lowest BCUT2D eigenvalue weighted by Crippen LogP contribution is -2.06. The first-order valence-corrected chi connectivity index (χ1v) is 12.4. The lowest BCUT2D eigenvalue weighted by molar-refractivity contribution is 0.189. The van der Waals surface area contributed by atoms with Crippen LogP contribution < -0.4 is 5.63 Å². The second-order valence-electron chi connectivity index (χ2n) is 8.13. The van der Waals surface area contributed by atoms with E-state index in [1.54, 1.807) is 24.9 Å². The first kappa shape index (κ1) is 22.2. The molecule has 1 aliphatic carbocycles. The van der Waals surface area contributed by atoms with E-state index in [2.05, 4.69) is 20.8 Å². The van der Waals surface area contributed by atoms with Gasteiger partial charge in [0.15, 0.2) is 11.0 Å². The Morgan fingerprint density at radius 1 is 1.15 bits per heavy atom. The van der Waals surface area contributed by atoms with Crippen molar-refractivity contribution in [2.45, 2.75) is 43.1 Å². The third-order valence-corrected chi connectivity index (χ3v) is 7.31. The third kappa shape index (κ3) is 4.58. The Balaban J connectivity index is 1.48. The predicted octanol–water partition coefficient (Wildman–Crippen LogP) is 5.52. The molecule has 0 N–H and O–H groups in total. The Labute approximate surface area is 200 Å². The fourth-order valence-corrected chi connectivity index (χ4v) is 5.54. The summed E-state index contributed by atoms with van der Waals surface area (Å²) in [7, 11) is 1.69. The number of methoxy groups -OCH3 is 1. The molecule has 4 aromatic rings. The monoisotopic (exact) mass is 481 g/mol. The molecule has 0 bridgehead atoms. The lowest BCUT2D eigenvalue weighted by Gasteiger charge is -2.11. The molecule has 1 aliphatic rings. The zero-order valence-corrected chi connectivity index (χ0v) is 19.9. The number of aromatic nitrogens is 3. The largest absolute Gasteiger partial charge is 0.423 e. The summed E-state index contributed by atoms with van der Waals surface area (Å²) in [5, 5.41) is 11.3. The molecule has 5 rings (SSSR count). The van der Waals surface area contributed by atoms with Gasteiger partial charge in [-0.05, 0) is 66.6 Å². The van der Waals surface area contributed by atoms with E-state index < -0.39 is 0 Å². The van der Waals surface area contributed by atoms with Crippen LogP contribution >= 0.6 is 23.4 Å². The molecule has 0 aliphatic heterocycles. The number of rotatable bonds is 8. The molecule has 0 saturated heterocycles. The highest BCUT2D eigenvalue weighted by atomic mass is 35.5. The highest BCUT2D eigenvalue weighted by molar-refractivity contribution is 7.98. The van der Waals surface area contributed by atoms with Crippen LogP contribution in [0.15, 0.2) is 56.8 Å². The standard InChI is InChI=1S/C25H24ClN3O3S/c1-31-11-5-10-29-24(19-8-2-3-9-21(19)26)27-28-25(29)33-15-18-14-23(30)32-22-13-17-7-4-6-16(17)12-20(18)22/h2-3,8-9,12-14H,4-7,10-11,15H2,1H3. The van der Waals surface area contributed by atoms with E-state index in [1.165, 1.54) is 11.1 Å². The summed E-state index contributed by atoms with van der Waals surface area (Å²) in [6.07, 6.45) is 4.09. The molecule has 33 heavy (non-hydrogen) atoms. The Morgan fingerprint density at radius 2 is 1.97 bits per heavy atom. The van der Waals surface area contributed by atoms with Crippen molar-refractivity contribution < 1.29 is 9.15 Å². The summed E-state index contributed by atoms with van der Waals surface area (Å²) in [4.78, 5) is 12.2. The van der Waals surface area contributed by atoms with Crippen molar-refractivity contribution in [3.8, 4) is 11.4 Å². The zero-order valence-electron chi connectivity index (χ0n) is 18.3. The van der Waals surface area contributed by atoms with Crippen LogP contribution in [-0.4, -0.2) is 28.5 Å². The van der Waals surface area contributed by atoms with Gasteiger partial charge in [-0.2, -0.15) is 0 Å². The SMILES string of the molecule is COCCCn1c(SCc2cc(=O)oc3cc4c(cc23)CCC4)nnc1-c1ccccc1Cl. The first-order valence-electron chi connectivity index (χ1n) is 11.0. The fourth-order valence-electron chi connectivity index (χ4n) is 4.36. The van der Waals surface area contributed by atoms with Gasteiger partial charge in [-0.1, -0.05) is 35.5 Å². The van der Waals surface area contributed by atoms with E-state index in [1.807, 2.05) is 30.3 Å². The highest BCUT2D eigenvalue weighted by Gasteiger charge is 2.19. The van der Waals surface area contributed by atoms with Crippen LogP contribution in [0.1, 0.15) is 29.5 Å². The maximum atomic E-state index is 12.2. The number of hydrogen-bond acceptors (Lipinski definition) is 6. The lowest BCUT2D eigenvalue weighted by atomic mass is 10.0. The Bertz CT molecular complexity index is 1370. The maximum absolute atomic E-state index is 12.2. The summed E-state index contributed by atoms with van der Waals surface area (Å²) >= 11 is 8.01. The zero-order chi connectivity index (χ0) is 22.8. The Morgan fingerprint density at radius 3 is 2.79 bits per heavy atom. The minimum atomic E-state index is -0.325. The number of halogens is 1. The van der Waals surface area contributed by atoms with Crippen molar-refractivity contribution in [1.29, 1.82) is 0 Å². The summed E-state index contributed by atoms with van der Waals surface area (Å²) in [6, 6.07) is 13.5. The molecule has 2 aromatic carbocycles. The van der Waals surface area contributed by atoms with Gasteiger partial charge in [-0.3, -0.25) is 0 Å². The van der Waals surface area contributed by atoms with Gasteiger partial charge < -0.3 is 13.7 Å². The van der Waals surface area contributed by atoms with Gasteiger partial charge in [0, 0.05) is 43.0 Å². The summed E-state index contributed by atoms with van der Waals surface area (Å²) in [5.41, 5.74) is 4.78. The Hall–Kier alpha value is -2.61. The molecule has 0 fully saturated rings. The molecule has 8 heteroatoms. The smallest absolute Gasteiger partial charge is 0.336 e. The minimum Gasteiger partial charge on any atom is -0.423 e. The fraction of sp³-hybridized carbons (Fsp3) is 0.320. The molecule has 0 amide bonds. The van der Waals surface area contributed by atoms with Crippen molar-refractivity contribution in [3.05, 3.63) is 74.6 Å². The number of hydrogen-bond donors (Lipinski definition) is 0. The topological polar surface area (TPSA) is 70.2 Å². The van der Waals surface area contributed by atoms with Crippen LogP contribution in [-0.2, 0) is 29.9 Å². The van der Waals surface area contributed by atoms with Crippen molar-refractivity contribution in [2.24, 2.45) is 0 Å². The van der Waals surface area contributed by atoms with Gasteiger partial charge in [0.1, 0.15) is 5.58 Å². The quantitative estimate of drug-likeness (QED) is 0.187. The summed E-state index contributed by atoms with van der Waals surface area (Å²) < 4.78 is 12.8. The summed E-state index contributed by atoms with van der Waals surface area (Å²) in [6.45, 7) is 1.34. The van der Waals surface area contributed by atoms with Crippen LogP contribution in [0.3, 0.4) is 0 Å². The van der Waals surface area contributed by atoms with Crippen LogP contribution in [0, 0.1) is 0 Å². The van der Waals surface area contributed by atoms with E-state index >= 15 is 0 Å². The summed E-state index contributed by atoms with van der Waals surface area (Å²) in [5.74, 6) is 1.32. The van der Waals surface area contributed by atoms with E-state index in [0.29, 0.717) is 29.5 Å². The highest BCUT2D eigenvalue weighted by Crippen LogP contribution is 2.33. The molecular weight excluding hydrogens is 458 g/mol. The number of thioether (sulfide) groups is 1. The van der Waals surface area contributed by atoms with Crippen LogP contribution in [0.5, 0.6) is 0 Å². The number of aryl methyl sites for hydroxylation is 2. The molecule has 170 valence electrons. The van der Waals surface area contributed by atoms with Gasteiger partial charge >= 0.3 is 5.63 Å². The van der Waals surface area contributed by atoms with Gasteiger partial charge in [0.25, 0.3) is 0 Å². The number of fused-ring (bicyclic) bond motifs is 2. The Kier molecular flexibility index (Phi) is 6.53. The first-order chi connectivity index (χ1) is 16.1. The average molecular weight is 482 g/mol. The van der Waals surface area contributed by atoms with Gasteiger partial charge in [-0.25, -0.2) is 4.79 Å². The van der Waals surface area contributed by atoms with E-state index in [-0.39, 0.29) is 5.63 Å². The second kappa shape index (κ2) is 9.71. The molecular formula is C25H24ClN3O3S. The van der Waals surface area contributed by atoms with Crippen LogP contribution in [0.4, 0.5) is 0 Å². The van der Waals surface area contributed by atoms with Crippen molar-refractivity contribution >= 4 is 34.3 Å². The van der Waals surface area contributed by atoms with Gasteiger partial charge in [-0.15, -0.1) is 10.2 Å². The van der Waals surface area contributed by atoms with Gasteiger partial charge in [0.2, 0.25) is 0 Å². The second-order valence-corrected chi connectivity index (χ2v) is 9.48. The van der Waals surface area contributed by atoms with E-state index in [4.69, 9.17) is 20.8 Å². The van der Waals surface area contributed by atoms with E-state index in [9.17, 15) is 4.79 Å². The average Bonchev–Trinajstić information content (AvgIpc) is 3.43. The third-order valence-electron chi connectivity index (χ3n) is 5.96. The normalized spacial score (nSPS) is 13.0. The van der Waals surface area contributed by atoms with Crippen molar-refractivity contribution in [3.63, 3.8) is 0 Å². The van der Waals surface area contributed by atoms with Crippen molar-refractivity contribution in [1.82, 2.24) is 14.8 Å². The maximum Gasteiger partial charge on any atom is 0.336 e. The molecule has 0 saturated carbocycles. The van der Waals surface area contributed by atoms with Gasteiger partial charge in [0.05, 0.1) is 5.02 Å². The number of nitrogens with zero attached hydrogens (tertiary/aromatic N) is 3. The molecule has 2 heterocycles. The van der Waals surface area contributed by atoms with E-state index in [0.717, 1.165) is 53.2 Å². The predicted molar refractivity (Wildman–Crippen MR) is 131 cm³/mol. The minimum absolute atomic E-state index is 0.325. The van der Waals surface area contributed by atoms with Crippen molar-refractivity contribution in [2.75, 3.05) is 13.7 Å². The van der Waals surface area contributed by atoms with Crippen LogP contribution in [0.25, 0.3) is 22.4 Å². The molecule has 2 aromatic heterocycles. The molecule has 0 atom stereocenters. The molecule has 0 unspecified atom stereocenters. The molecule has 0 spiro atoms. The number of ether oxygens (including phenoxy) is 1. The number of benzene rings is 2.